The van der Waals surface area contributed by atoms with Gasteiger partial charge in [-0.15, -0.1) is 11.8 Å². The minimum Gasteiger partial charge on any atom is -0.480 e. The number of carbonyl (C=O) groups excluding carboxylic acids is 1. The average Bonchev–Trinajstić information content (AvgIpc) is 3.06. The third kappa shape index (κ3) is 3.73. The molecular weight excluding hydrogens is 415 g/mol. The third-order valence-electron chi connectivity index (χ3n) is 4.08. The summed E-state index contributed by atoms with van der Waals surface area (Å²) in [4.78, 5) is 36.4. The fourth-order valence-corrected chi connectivity index (χ4v) is 4.74. The number of hydrogen-bond acceptors (Lipinski definition) is 5. The minimum atomic E-state index is -1.16. The standard InChI is InChI=1S/C17H12Cl2N2O5S/c18-11-4-2-1-3-10(11)16-20(14(8-27-16)17(23)24)15(22)9-5-6-12(19)13(7-9)21(25)26/h1-7,14,16H,8H2,(H,23,24)/t14-,16-/m1/s1. The molecule has 1 amide bonds. The van der Waals surface area contributed by atoms with Crippen LogP contribution in [0.4, 0.5) is 5.69 Å². The Hall–Kier alpha value is -2.29. The lowest BCUT2D eigenvalue weighted by Crippen LogP contribution is -2.43. The molecule has 1 saturated heterocycles. The summed E-state index contributed by atoms with van der Waals surface area (Å²) in [5, 5.41) is 20.3. The number of hydrogen-bond donors (Lipinski definition) is 1. The molecule has 0 aromatic heterocycles. The highest BCUT2D eigenvalue weighted by Crippen LogP contribution is 2.44. The van der Waals surface area contributed by atoms with Gasteiger partial charge in [0.25, 0.3) is 11.6 Å². The number of thioether (sulfide) groups is 1. The molecule has 2 aromatic carbocycles. The Morgan fingerprint density at radius 1 is 1.19 bits per heavy atom. The van der Waals surface area contributed by atoms with Crippen molar-refractivity contribution in [3.05, 3.63) is 73.8 Å². The molecule has 0 unspecified atom stereocenters. The molecule has 1 N–H and O–H groups in total. The molecular formula is C17H12Cl2N2O5S. The number of halogens is 2. The molecule has 2 aromatic rings. The van der Waals surface area contributed by atoms with E-state index in [1.165, 1.54) is 28.8 Å². The van der Waals surface area contributed by atoms with E-state index in [-0.39, 0.29) is 16.3 Å². The van der Waals surface area contributed by atoms with Crippen molar-refractivity contribution < 1.29 is 19.6 Å². The van der Waals surface area contributed by atoms with Crippen LogP contribution in [-0.2, 0) is 4.79 Å². The zero-order valence-corrected chi connectivity index (χ0v) is 15.9. The predicted octanol–water partition coefficient (Wildman–Crippen LogP) is 4.24. The maximum Gasteiger partial charge on any atom is 0.327 e. The number of benzene rings is 2. The van der Waals surface area contributed by atoms with Gasteiger partial charge in [-0.2, -0.15) is 0 Å². The van der Waals surface area contributed by atoms with Crippen LogP contribution in [-0.4, -0.2) is 38.6 Å². The van der Waals surface area contributed by atoms with E-state index >= 15 is 0 Å². The molecule has 0 radical (unpaired) electrons. The van der Waals surface area contributed by atoms with Crippen LogP contribution in [0.1, 0.15) is 21.3 Å². The van der Waals surface area contributed by atoms with Crippen molar-refractivity contribution in [2.75, 3.05) is 5.75 Å². The van der Waals surface area contributed by atoms with E-state index in [2.05, 4.69) is 0 Å². The predicted molar refractivity (Wildman–Crippen MR) is 102 cm³/mol. The molecule has 1 aliphatic heterocycles. The van der Waals surface area contributed by atoms with Crippen molar-refractivity contribution in [1.82, 2.24) is 4.90 Å². The van der Waals surface area contributed by atoms with Crippen LogP contribution in [0.15, 0.2) is 42.5 Å². The maximum atomic E-state index is 13.1. The van der Waals surface area contributed by atoms with Crippen LogP contribution in [0.25, 0.3) is 0 Å². The summed E-state index contributed by atoms with van der Waals surface area (Å²) < 4.78 is 0. The van der Waals surface area contributed by atoms with Gasteiger partial charge in [0.15, 0.2) is 0 Å². The fraction of sp³-hybridized carbons (Fsp3) is 0.176. The Morgan fingerprint density at radius 2 is 1.89 bits per heavy atom. The van der Waals surface area contributed by atoms with E-state index in [0.717, 1.165) is 6.07 Å². The van der Waals surface area contributed by atoms with E-state index in [0.29, 0.717) is 10.6 Å². The lowest BCUT2D eigenvalue weighted by Gasteiger charge is -2.28. The highest BCUT2D eigenvalue weighted by molar-refractivity contribution is 7.99. The fourth-order valence-electron chi connectivity index (χ4n) is 2.79. The number of carboxylic acid groups (broad SMARTS) is 1. The van der Waals surface area contributed by atoms with Gasteiger partial charge in [-0.1, -0.05) is 41.4 Å². The van der Waals surface area contributed by atoms with Gasteiger partial charge in [0.05, 0.1) is 4.92 Å². The smallest absolute Gasteiger partial charge is 0.327 e. The van der Waals surface area contributed by atoms with E-state index in [9.17, 15) is 24.8 Å². The summed E-state index contributed by atoms with van der Waals surface area (Å²) in [6, 6.07) is 9.39. The lowest BCUT2D eigenvalue weighted by atomic mass is 10.1. The summed E-state index contributed by atoms with van der Waals surface area (Å²) in [5.41, 5.74) is 0.164. The zero-order valence-electron chi connectivity index (χ0n) is 13.5. The SMILES string of the molecule is O=C(O)[C@H]1CS[C@H](c2ccccc2Cl)N1C(=O)c1ccc(Cl)c([N+](=O)[O-])c1. The molecule has 0 spiro atoms. The number of nitro groups is 1. The third-order valence-corrected chi connectivity index (χ3v) is 6.05. The summed E-state index contributed by atoms with van der Waals surface area (Å²) in [7, 11) is 0. The number of carbonyl (C=O) groups is 2. The van der Waals surface area contributed by atoms with E-state index < -0.39 is 33.9 Å². The Labute approximate surface area is 168 Å². The Balaban J connectivity index is 2.05. The van der Waals surface area contributed by atoms with Gasteiger partial charge in [-0.3, -0.25) is 14.9 Å². The summed E-state index contributed by atoms with van der Waals surface area (Å²) in [6.07, 6.45) is 0. The molecule has 1 aliphatic rings. The molecule has 0 saturated carbocycles. The van der Waals surface area contributed by atoms with Crippen molar-refractivity contribution in [3.8, 4) is 0 Å². The van der Waals surface area contributed by atoms with Crippen LogP contribution in [0.5, 0.6) is 0 Å². The van der Waals surface area contributed by atoms with Gasteiger partial charge in [-0.25, -0.2) is 4.79 Å². The van der Waals surface area contributed by atoms with Gasteiger partial charge in [0, 0.05) is 28.0 Å². The number of aliphatic carboxylic acids is 1. The van der Waals surface area contributed by atoms with Crippen LogP contribution >= 0.6 is 35.0 Å². The number of nitro benzene ring substituents is 1. The number of rotatable bonds is 4. The quantitative estimate of drug-likeness (QED) is 0.579. The van der Waals surface area contributed by atoms with Gasteiger partial charge < -0.3 is 10.0 Å². The number of carboxylic acids is 1. The first-order valence-electron chi connectivity index (χ1n) is 7.66. The second-order valence-corrected chi connectivity index (χ2v) is 7.62. The highest BCUT2D eigenvalue weighted by atomic mass is 35.5. The van der Waals surface area contributed by atoms with Crippen LogP contribution in [0, 0.1) is 10.1 Å². The molecule has 7 nitrogen and oxygen atoms in total. The number of amides is 1. The molecule has 27 heavy (non-hydrogen) atoms. The van der Waals surface area contributed by atoms with Crippen LogP contribution < -0.4 is 0 Å². The molecule has 0 bridgehead atoms. The second-order valence-electron chi connectivity index (χ2n) is 5.70. The van der Waals surface area contributed by atoms with Crippen molar-refractivity contribution >= 4 is 52.5 Å². The zero-order chi connectivity index (χ0) is 19.7. The molecule has 140 valence electrons. The van der Waals surface area contributed by atoms with Crippen LogP contribution in [0.2, 0.25) is 10.0 Å². The van der Waals surface area contributed by atoms with Gasteiger partial charge in [0.1, 0.15) is 16.4 Å². The van der Waals surface area contributed by atoms with E-state index in [4.69, 9.17) is 23.2 Å². The monoisotopic (exact) mass is 426 g/mol. The van der Waals surface area contributed by atoms with Gasteiger partial charge in [-0.05, 0) is 18.2 Å². The Bertz CT molecular complexity index is 939. The summed E-state index contributed by atoms with van der Waals surface area (Å²) in [5.74, 6) is -1.63. The Morgan fingerprint density at radius 3 is 2.52 bits per heavy atom. The van der Waals surface area contributed by atoms with Crippen molar-refractivity contribution in [1.29, 1.82) is 0 Å². The topological polar surface area (TPSA) is 101 Å². The summed E-state index contributed by atoms with van der Waals surface area (Å²) >= 11 is 13.3. The second kappa shape index (κ2) is 7.75. The van der Waals surface area contributed by atoms with Crippen molar-refractivity contribution in [2.45, 2.75) is 11.4 Å². The van der Waals surface area contributed by atoms with E-state index in [1.807, 2.05) is 0 Å². The first-order chi connectivity index (χ1) is 12.8. The average molecular weight is 427 g/mol. The Kier molecular flexibility index (Phi) is 5.59. The highest BCUT2D eigenvalue weighted by Gasteiger charge is 2.43. The van der Waals surface area contributed by atoms with E-state index in [1.54, 1.807) is 24.3 Å². The first-order valence-corrected chi connectivity index (χ1v) is 9.47. The normalized spacial score (nSPS) is 19.1. The van der Waals surface area contributed by atoms with Crippen molar-refractivity contribution in [2.24, 2.45) is 0 Å². The van der Waals surface area contributed by atoms with Gasteiger partial charge >= 0.3 is 5.97 Å². The molecule has 2 atom stereocenters. The van der Waals surface area contributed by atoms with Crippen LogP contribution in [0.3, 0.4) is 0 Å². The first kappa shape index (κ1) is 19.5. The molecule has 10 heteroatoms. The molecule has 0 aliphatic carbocycles. The maximum absolute atomic E-state index is 13.1. The molecule has 3 rings (SSSR count). The molecule has 1 heterocycles. The minimum absolute atomic E-state index is 0.0168. The lowest BCUT2D eigenvalue weighted by molar-refractivity contribution is -0.384. The summed E-state index contributed by atoms with van der Waals surface area (Å²) in [6.45, 7) is 0. The number of nitrogens with zero attached hydrogens (tertiary/aromatic N) is 2. The molecule has 1 fully saturated rings. The van der Waals surface area contributed by atoms with Crippen molar-refractivity contribution in [3.63, 3.8) is 0 Å². The van der Waals surface area contributed by atoms with Gasteiger partial charge in [0.2, 0.25) is 0 Å². The largest absolute Gasteiger partial charge is 0.480 e.